The van der Waals surface area contributed by atoms with Crippen molar-refractivity contribution in [2.24, 2.45) is 0 Å². The van der Waals surface area contributed by atoms with E-state index in [0.29, 0.717) is 0 Å². The molecule has 1 unspecified atom stereocenters. The molecule has 1 aliphatic rings. The lowest BCUT2D eigenvalue weighted by molar-refractivity contribution is 0.194. The lowest BCUT2D eigenvalue weighted by atomic mass is 9.85. The number of nitrogens with zero attached hydrogens (tertiary/aromatic N) is 1. The number of hydrogen-bond acceptors (Lipinski definition) is 1. The number of rotatable bonds is 4. The largest absolute Gasteiger partial charge is 0.328 e. The minimum atomic E-state index is -0.414. The molecule has 2 amide bonds. The summed E-state index contributed by atoms with van der Waals surface area (Å²) in [6.07, 6.45) is 2.99. The Morgan fingerprint density at radius 1 is 1.00 bits per heavy atom. The smallest absolute Gasteiger partial charge is 0.318 e. The first-order chi connectivity index (χ1) is 11.2. The van der Waals surface area contributed by atoms with Crippen LogP contribution in [-0.4, -0.2) is 24.0 Å². The summed E-state index contributed by atoms with van der Waals surface area (Å²) in [5, 5.41) is 3.29. The van der Waals surface area contributed by atoms with Gasteiger partial charge in [-0.15, -0.1) is 12.4 Å². The van der Waals surface area contributed by atoms with Crippen molar-refractivity contribution in [3.63, 3.8) is 0 Å². The van der Waals surface area contributed by atoms with Crippen LogP contribution in [0.1, 0.15) is 30.9 Å². The quantitative estimate of drug-likeness (QED) is 0.877. The first kappa shape index (κ1) is 18.3. The average molecular weight is 345 g/mol. The number of amides is 2. The molecule has 2 aromatic carbocycles. The fraction of sp³-hybridized carbons (Fsp3) is 0.350. The second kappa shape index (κ2) is 8.20. The first-order valence-electron chi connectivity index (χ1n) is 8.34. The molecule has 1 saturated heterocycles. The van der Waals surface area contributed by atoms with Crippen LogP contribution in [0.5, 0.6) is 0 Å². The topological polar surface area (TPSA) is 32.3 Å². The average Bonchev–Trinajstić information content (AvgIpc) is 3.11. The lowest BCUT2D eigenvalue weighted by Crippen LogP contribution is -2.50. The van der Waals surface area contributed by atoms with Crippen molar-refractivity contribution in [1.29, 1.82) is 0 Å². The number of halogens is 1. The highest BCUT2D eigenvalue weighted by Crippen LogP contribution is 2.26. The van der Waals surface area contributed by atoms with Crippen molar-refractivity contribution in [3.8, 4) is 0 Å². The van der Waals surface area contributed by atoms with Crippen LogP contribution in [0, 0.1) is 0 Å². The van der Waals surface area contributed by atoms with E-state index in [1.807, 2.05) is 41.3 Å². The van der Waals surface area contributed by atoms with Crippen molar-refractivity contribution in [2.75, 3.05) is 13.1 Å². The third-order valence-electron chi connectivity index (χ3n) is 4.59. The van der Waals surface area contributed by atoms with E-state index in [4.69, 9.17) is 0 Å². The molecule has 1 N–H and O–H groups in total. The van der Waals surface area contributed by atoms with Crippen molar-refractivity contribution >= 4 is 18.4 Å². The molecular formula is C20H25ClN2O. The Labute approximate surface area is 150 Å². The van der Waals surface area contributed by atoms with E-state index in [-0.39, 0.29) is 18.4 Å². The third kappa shape index (κ3) is 4.30. The molecule has 1 heterocycles. The molecule has 3 rings (SSSR count). The SMILES string of the molecule is CC(Cc1ccccc1)(NC(=O)N1CCCC1)c1ccccc1.Cl. The number of carbonyl (C=O) groups excluding carboxylic acids is 1. The molecule has 0 radical (unpaired) electrons. The highest BCUT2D eigenvalue weighted by Gasteiger charge is 2.31. The summed E-state index contributed by atoms with van der Waals surface area (Å²) in [4.78, 5) is 14.6. The Balaban J connectivity index is 0.00000208. The summed E-state index contributed by atoms with van der Waals surface area (Å²) in [5.41, 5.74) is 1.94. The van der Waals surface area contributed by atoms with E-state index in [2.05, 4.69) is 36.5 Å². The van der Waals surface area contributed by atoms with Gasteiger partial charge in [-0.1, -0.05) is 60.7 Å². The van der Waals surface area contributed by atoms with Crippen LogP contribution < -0.4 is 5.32 Å². The summed E-state index contributed by atoms with van der Waals surface area (Å²) in [6, 6.07) is 20.6. The summed E-state index contributed by atoms with van der Waals surface area (Å²) >= 11 is 0. The number of nitrogens with one attached hydrogen (secondary N) is 1. The minimum Gasteiger partial charge on any atom is -0.328 e. The van der Waals surface area contributed by atoms with Gasteiger partial charge in [-0.2, -0.15) is 0 Å². The zero-order chi connectivity index (χ0) is 16.1. The van der Waals surface area contributed by atoms with Crippen LogP contribution in [0.3, 0.4) is 0 Å². The fourth-order valence-corrected chi connectivity index (χ4v) is 3.26. The van der Waals surface area contributed by atoms with Gasteiger partial charge in [-0.25, -0.2) is 4.79 Å². The summed E-state index contributed by atoms with van der Waals surface area (Å²) < 4.78 is 0. The predicted octanol–water partition coefficient (Wildman–Crippen LogP) is 4.37. The van der Waals surface area contributed by atoms with Crippen molar-refractivity contribution in [2.45, 2.75) is 31.7 Å². The molecule has 2 aromatic rings. The van der Waals surface area contributed by atoms with Gasteiger partial charge in [-0.3, -0.25) is 0 Å². The molecule has 0 saturated carbocycles. The molecule has 1 aliphatic heterocycles. The van der Waals surface area contributed by atoms with Gasteiger partial charge in [0, 0.05) is 13.1 Å². The van der Waals surface area contributed by atoms with Gasteiger partial charge in [0.25, 0.3) is 0 Å². The molecule has 24 heavy (non-hydrogen) atoms. The molecular weight excluding hydrogens is 320 g/mol. The second-order valence-corrected chi connectivity index (χ2v) is 6.48. The van der Waals surface area contributed by atoms with E-state index < -0.39 is 5.54 Å². The summed E-state index contributed by atoms with van der Waals surface area (Å²) in [6.45, 7) is 3.84. The molecule has 128 valence electrons. The van der Waals surface area contributed by atoms with Gasteiger partial charge in [0.1, 0.15) is 0 Å². The normalized spacial score (nSPS) is 16.1. The Morgan fingerprint density at radius 3 is 2.12 bits per heavy atom. The number of carbonyl (C=O) groups is 1. The van der Waals surface area contributed by atoms with E-state index in [1.165, 1.54) is 5.56 Å². The van der Waals surface area contributed by atoms with Gasteiger partial charge in [0.05, 0.1) is 5.54 Å². The zero-order valence-electron chi connectivity index (χ0n) is 14.1. The van der Waals surface area contributed by atoms with Crippen LogP contribution in [0.4, 0.5) is 4.79 Å². The van der Waals surface area contributed by atoms with Gasteiger partial charge >= 0.3 is 6.03 Å². The summed E-state index contributed by atoms with van der Waals surface area (Å²) in [5.74, 6) is 0. The molecule has 0 aromatic heterocycles. The highest BCUT2D eigenvalue weighted by atomic mass is 35.5. The first-order valence-corrected chi connectivity index (χ1v) is 8.34. The summed E-state index contributed by atoms with van der Waals surface area (Å²) in [7, 11) is 0. The number of hydrogen-bond donors (Lipinski definition) is 1. The van der Waals surface area contributed by atoms with E-state index >= 15 is 0 Å². The van der Waals surface area contributed by atoms with Crippen LogP contribution >= 0.6 is 12.4 Å². The second-order valence-electron chi connectivity index (χ2n) is 6.48. The number of likely N-dealkylation sites (tertiary alicyclic amines) is 1. The van der Waals surface area contributed by atoms with Crippen molar-refractivity contribution in [3.05, 3.63) is 71.8 Å². The van der Waals surface area contributed by atoms with E-state index in [1.54, 1.807) is 0 Å². The zero-order valence-corrected chi connectivity index (χ0v) is 14.9. The molecule has 0 bridgehead atoms. The third-order valence-corrected chi connectivity index (χ3v) is 4.59. The van der Waals surface area contributed by atoms with Crippen LogP contribution in [-0.2, 0) is 12.0 Å². The van der Waals surface area contributed by atoms with Gasteiger partial charge in [0.2, 0.25) is 0 Å². The molecule has 0 spiro atoms. The molecule has 0 aliphatic carbocycles. The maximum Gasteiger partial charge on any atom is 0.318 e. The van der Waals surface area contributed by atoms with Gasteiger partial charge in [0.15, 0.2) is 0 Å². The molecule has 1 fully saturated rings. The Morgan fingerprint density at radius 2 is 1.54 bits per heavy atom. The highest BCUT2D eigenvalue weighted by molar-refractivity contribution is 5.85. The molecule has 1 atom stereocenters. The maximum absolute atomic E-state index is 12.6. The fourth-order valence-electron chi connectivity index (χ4n) is 3.26. The van der Waals surface area contributed by atoms with Crippen LogP contribution in [0.2, 0.25) is 0 Å². The Bertz CT molecular complexity index is 641. The molecule has 3 nitrogen and oxygen atoms in total. The van der Waals surface area contributed by atoms with Crippen molar-refractivity contribution in [1.82, 2.24) is 10.2 Å². The molecule has 4 heteroatoms. The van der Waals surface area contributed by atoms with E-state index in [0.717, 1.165) is 37.9 Å². The van der Waals surface area contributed by atoms with Gasteiger partial charge in [-0.05, 0) is 37.3 Å². The van der Waals surface area contributed by atoms with Crippen molar-refractivity contribution < 1.29 is 4.79 Å². The number of benzene rings is 2. The predicted molar refractivity (Wildman–Crippen MR) is 101 cm³/mol. The van der Waals surface area contributed by atoms with Crippen LogP contribution in [0.25, 0.3) is 0 Å². The van der Waals surface area contributed by atoms with Gasteiger partial charge < -0.3 is 10.2 Å². The standard InChI is InChI=1S/C20H24N2O.ClH/c1-20(18-12-6-3-7-13-18,16-17-10-4-2-5-11-17)21-19(23)22-14-8-9-15-22;/h2-7,10-13H,8-9,14-16H2,1H3,(H,21,23);1H. The Hall–Kier alpha value is -2.00. The number of urea groups is 1. The van der Waals surface area contributed by atoms with E-state index in [9.17, 15) is 4.79 Å². The maximum atomic E-state index is 12.6. The van der Waals surface area contributed by atoms with Crippen LogP contribution in [0.15, 0.2) is 60.7 Å². The lowest BCUT2D eigenvalue weighted by Gasteiger charge is -2.33. The minimum absolute atomic E-state index is 0. The monoisotopic (exact) mass is 344 g/mol. The Kier molecular flexibility index (Phi) is 6.27.